The number of alkyl halides is 1. The van der Waals surface area contributed by atoms with Gasteiger partial charge < -0.3 is 4.74 Å². The Labute approximate surface area is 113 Å². The first-order chi connectivity index (χ1) is 8.22. The summed E-state index contributed by atoms with van der Waals surface area (Å²) in [4.78, 5) is 0.344. The van der Waals surface area contributed by atoms with Gasteiger partial charge in [0.25, 0.3) is 0 Å². The molecule has 1 aromatic rings. The molecule has 1 fully saturated rings. The molecule has 0 bridgehead atoms. The Hall–Kier alpha value is -0.340. The van der Waals surface area contributed by atoms with Gasteiger partial charge in [0.05, 0.1) is 10.9 Å². The van der Waals surface area contributed by atoms with Gasteiger partial charge in [-0.2, -0.15) is 0 Å². The third kappa shape index (κ3) is 3.11. The van der Waals surface area contributed by atoms with Crippen LogP contribution in [0.25, 0.3) is 0 Å². The zero-order valence-electron chi connectivity index (χ0n) is 10.7. The predicted octanol–water partition coefficient (Wildman–Crippen LogP) is 4.82. The van der Waals surface area contributed by atoms with E-state index in [0.29, 0.717) is 16.8 Å². The van der Waals surface area contributed by atoms with Gasteiger partial charge in [-0.3, -0.25) is 0 Å². The molecule has 1 aliphatic heterocycles. The smallest absolute Gasteiger partial charge is 0.0741 e. The van der Waals surface area contributed by atoms with E-state index in [2.05, 4.69) is 54.0 Å². The van der Waals surface area contributed by atoms with E-state index in [4.69, 9.17) is 4.74 Å². The largest absolute Gasteiger partial charge is 0.377 e. The first kappa shape index (κ1) is 13.1. The fourth-order valence-electron chi connectivity index (χ4n) is 2.29. The summed E-state index contributed by atoms with van der Waals surface area (Å²) in [5.41, 5.74) is 2.77. The molecule has 0 spiro atoms. The summed E-state index contributed by atoms with van der Waals surface area (Å²) in [5.74, 6) is 0.653. The molecule has 1 nitrogen and oxygen atoms in total. The van der Waals surface area contributed by atoms with Crippen LogP contribution in [0.5, 0.6) is 0 Å². The minimum absolute atomic E-state index is 0.344. The van der Waals surface area contributed by atoms with E-state index in [1.54, 1.807) is 0 Å². The van der Waals surface area contributed by atoms with Crippen LogP contribution in [0, 0.1) is 0 Å². The lowest BCUT2D eigenvalue weighted by Gasteiger charge is -2.18. The summed E-state index contributed by atoms with van der Waals surface area (Å²) in [6, 6.07) is 8.99. The van der Waals surface area contributed by atoms with Gasteiger partial charge >= 0.3 is 0 Å². The Balaban J connectivity index is 2.06. The van der Waals surface area contributed by atoms with Crippen molar-refractivity contribution in [2.24, 2.45) is 0 Å². The molecule has 3 unspecified atom stereocenters. The van der Waals surface area contributed by atoms with Crippen molar-refractivity contribution in [1.82, 2.24) is 0 Å². The first-order valence-electron chi connectivity index (χ1n) is 6.58. The topological polar surface area (TPSA) is 9.23 Å². The quantitative estimate of drug-likeness (QED) is 0.724. The minimum atomic E-state index is 0.344. The summed E-state index contributed by atoms with van der Waals surface area (Å²) < 4.78 is 5.72. The Morgan fingerprint density at radius 2 is 1.94 bits per heavy atom. The van der Waals surface area contributed by atoms with Crippen molar-refractivity contribution in [3.05, 3.63) is 35.4 Å². The first-order valence-corrected chi connectivity index (χ1v) is 7.49. The molecule has 3 atom stereocenters. The SMILES string of the molecule is CCC(C)c1ccc(C(Br)C2CCCO2)cc1. The maximum Gasteiger partial charge on any atom is 0.0741 e. The molecule has 0 N–H and O–H groups in total. The third-order valence-electron chi connectivity index (χ3n) is 3.73. The lowest BCUT2D eigenvalue weighted by Crippen LogP contribution is -2.12. The average molecular weight is 297 g/mol. The number of ether oxygens (including phenoxy) is 1. The van der Waals surface area contributed by atoms with Crippen molar-refractivity contribution in [2.75, 3.05) is 6.61 Å². The van der Waals surface area contributed by atoms with Crippen LogP contribution < -0.4 is 0 Å². The van der Waals surface area contributed by atoms with Gasteiger partial charge in [-0.25, -0.2) is 0 Å². The second-order valence-corrected chi connectivity index (χ2v) is 5.92. The van der Waals surface area contributed by atoms with Gasteiger partial charge in [-0.1, -0.05) is 54.0 Å². The molecule has 1 aromatic carbocycles. The van der Waals surface area contributed by atoms with Crippen molar-refractivity contribution in [3.63, 3.8) is 0 Å². The number of rotatable bonds is 4. The second-order valence-electron chi connectivity index (χ2n) is 4.93. The van der Waals surface area contributed by atoms with E-state index in [9.17, 15) is 0 Å². The Bertz CT molecular complexity index is 340. The van der Waals surface area contributed by atoms with Crippen LogP contribution in [0.15, 0.2) is 24.3 Å². The lowest BCUT2D eigenvalue weighted by atomic mass is 9.96. The minimum Gasteiger partial charge on any atom is -0.377 e. The van der Waals surface area contributed by atoms with Crippen LogP contribution in [-0.4, -0.2) is 12.7 Å². The van der Waals surface area contributed by atoms with Crippen molar-refractivity contribution in [1.29, 1.82) is 0 Å². The summed E-state index contributed by atoms with van der Waals surface area (Å²) >= 11 is 3.77. The zero-order chi connectivity index (χ0) is 12.3. The van der Waals surface area contributed by atoms with Crippen molar-refractivity contribution >= 4 is 15.9 Å². The van der Waals surface area contributed by atoms with E-state index in [1.165, 1.54) is 30.4 Å². The fraction of sp³-hybridized carbons (Fsp3) is 0.600. The van der Waals surface area contributed by atoms with E-state index in [0.717, 1.165) is 6.61 Å². The van der Waals surface area contributed by atoms with Crippen LogP contribution in [0.1, 0.15) is 55.0 Å². The Kier molecular flexibility index (Phi) is 4.63. The predicted molar refractivity (Wildman–Crippen MR) is 75.8 cm³/mol. The third-order valence-corrected chi connectivity index (χ3v) is 4.85. The molecule has 2 heteroatoms. The van der Waals surface area contributed by atoms with Crippen LogP contribution in [0.3, 0.4) is 0 Å². The van der Waals surface area contributed by atoms with Gasteiger partial charge in [0.15, 0.2) is 0 Å². The Morgan fingerprint density at radius 1 is 1.29 bits per heavy atom. The average Bonchev–Trinajstić information content (AvgIpc) is 2.91. The molecule has 94 valence electrons. The second kappa shape index (κ2) is 6.01. The maximum atomic E-state index is 5.72. The number of hydrogen-bond donors (Lipinski definition) is 0. The highest BCUT2D eigenvalue weighted by Crippen LogP contribution is 2.34. The molecule has 0 saturated carbocycles. The van der Waals surface area contributed by atoms with Crippen LogP contribution in [-0.2, 0) is 4.74 Å². The number of benzene rings is 1. The molecule has 0 amide bonds. The molecular weight excluding hydrogens is 276 g/mol. The van der Waals surface area contributed by atoms with Crippen molar-refractivity contribution < 1.29 is 4.74 Å². The van der Waals surface area contributed by atoms with Crippen LogP contribution in [0.2, 0.25) is 0 Å². The van der Waals surface area contributed by atoms with Gasteiger partial charge in [0, 0.05) is 6.61 Å². The molecule has 0 aromatic heterocycles. The van der Waals surface area contributed by atoms with E-state index < -0.39 is 0 Å². The maximum absolute atomic E-state index is 5.72. The van der Waals surface area contributed by atoms with Gasteiger partial charge in [0.2, 0.25) is 0 Å². The molecular formula is C15H21BrO. The summed E-state index contributed by atoms with van der Waals surface area (Å²) in [7, 11) is 0. The van der Waals surface area contributed by atoms with Crippen LogP contribution >= 0.6 is 15.9 Å². The fourth-order valence-corrected chi connectivity index (χ4v) is 3.01. The molecule has 1 saturated heterocycles. The van der Waals surface area contributed by atoms with Crippen molar-refractivity contribution in [2.45, 2.75) is 50.0 Å². The Morgan fingerprint density at radius 3 is 2.47 bits per heavy atom. The highest BCUT2D eigenvalue weighted by Gasteiger charge is 2.24. The normalized spacial score (nSPS) is 23.6. The number of halogens is 1. The standard InChI is InChI=1S/C15H21BrO/c1-3-11(2)12-6-8-13(9-7-12)15(16)14-5-4-10-17-14/h6-9,11,14-15H,3-5,10H2,1-2H3. The summed E-state index contributed by atoms with van der Waals surface area (Å²) in [6.45, 7) is 5.43. The lowest BCUT2D eigenvalue weighted by molar-refractivity contribution is 0.110. The number of hydrogen-bond acceptors (Lipinski definition) is 1. The van der Waals surface area contributed by atoms with E-state index >= 15 is 0 Å². The molecule has 1 heterocycles. The molecule has 2 rings (SSSR count). The van der Waals surface area contributed by atoms with E-state index in [1.807, 2.05) is 0 Å². The molecule has 1 aliphatic rings. The zero-order valence-corrected chi connectivity index (χ0v) is 12.2. The molecule has 0 radical (unpaired) electrons. The highest BCUT2D eigenvalue weighted by molar-refractivity contribution is 9.09. The summed E-state index contributed by atoms with van der Waals surface area (Å²) in [5, 5.41) is 0. The highest BCUT2D eigenvalue weighted by atomic mass is 79.9. The van der Waals surface area contributed by atoms with Crippen molar-refractivity contribution in [3.8, 4) is 0 Å². The van der Waals surface area contributed by atoms with Gasteiger partial charge in [-0.15, -0.1) is 0 Å². The van der Waals surface area contributed by atoms with Gasteiger partial charge in [0.1, 0.15) is 0 Å². The monoisotopic (exact) mass is 296 g/mol. The molecule has 0 aliphatic carbocycles. The van der Waals surface area contributed by atoms with Crippen LogP contribution in [0.4, 0.5) is 0 Å². The summed E-state index contributed by atoms with van der Waals surface area (Å²) in [6.07, 6.45) is 3.91. The van der Waals surface area contributed by atoms with Gasteiger partial charge in [-0.05, 0) is 36.3 Å². The van der Waals surface area contributed by atoms with E-state index in [-0.39, 0.29) is 0 Å². The molecule has 17 heavy (non-hydrogen) atoms.